The summed E-state index contributed by atoms with van der Waals surface area (Å²) in [6, 6.07) is 3.25. The number of nitrogens with one attached hydrogen (secondary N) is 1. The molecule has 0 spiro atoms. The molecule has 1 N–H and O–H groups in total. The van der Waals surface area contributed by atoms with Gasteiger partial charge in [0, 0.05) is 31.1 Å². The Morgan fingerprint density at radius 1 is 1.43 bits per heavy atom. The topological polar surface area (TPSA) is 41.0 Å². The highest BCUT2D eigenvalue weighted by atomic mass is 79.9. The Morgan fingerprint density at radius 2 is 2.26 bits per heavy atom. The number of aromatic nitrogens is 2. The molecular formula is C16H20BrFN4S. The molecule has 1 fully saturated rings. The quantitative estimate of drug-likeness (QED) is 0.787. The zero-order valence-electron chi connectivity index (χ0n) is 13.3. The van der Waals surface area contributed by atoms with Gasteiger partial charge < -0.3 is 4.90 Å². The Hall–Kier alpha value is -0.920. The Kier molecular flexibility index (Phi) is 5.08. The minimum atomic E-state index is -0.296. The SMILES string of the molecule is CSNCC1(C)CCCN(c2ncnc3cc(F)c(Br)cc23)C1. The summed E-state index contributed by atoms with van der Waals surface area (Å²) in [5, 5.41) is 0.892. The van der Waals surface area contributed by atoms with Crippen molar-refractivity contribution in [1.82, 2.24) is 14.7 Å². The summed E-state index contributed by atoms with van der Waals surface area (Å²) in [6.45, 7) is 5.17. The average molecular weight is 399 g/mol. The Labute approximate surface area is 148 Å². The van der Waals surface area contributed by atoms with Crippen LogP contribution < -0.4 is 9.62 Å². The van der Waals surface area contributed by atoms with E-state index in [1.807, 2.05) is 6.26 Å². The molecule has 4 nitrogen and oxygen atoms in total. The molecule has 124 valence electrons. The third-order valence-electron chi connectivity index (χ3n) is 4.38. The van der Waals surface area contributed by atoms with E-state index >= 15 is 0 Å². The zero-order chi connectivity index (χ0) is 16.4. The maximum Gasteiger partial charge on any atom is 0.139 e. The first-order valence-corrected chi connectivity index (χ1v) is 9.65. The van der Waals surface area contributed by atoms with Gasteiger partial charge in [0.2, 0.25) is 0 Å². The third-order valence-corrected chi connectivity index (χ3v) is 5.42. The molecule has 23 heavy (non-hydrogen) atoms. The second-order valence-electron chi connectivity index (χ2n) is 6.34. The molecule has 1 aliphatic heterocycles. The molecule has 1 atom stereocenters. The summed E-state index contributed by atoms with van der Waals surface area (Å²) in [4.78, 5) is 11.0. The first kappa shape index (κ1) is 16.9. The van der Waals surface area contributed by atoms with Crippen LogP contribution in [0.4, 0.5) is 10.2 Å². The highest BCUT2D eigenvalue weighted by Gasteiger charge is 2.32. The number of hydrogen-bond donors (Lipinski definition) is 1. The summed E-state index contributed by atoms with van der Waals surface area (Å²) in [7, 11) is 0. The molecule has 2 aromatic rings. The molecule has 0 radical (unpaired) electrons. The van der Waals surface area contributed by atoms with Crippen LogP contribution in [-0.4, -0.2) is 35.9 Å². The smallest absolute Gasteiger partial charge is 0.139 e. The number of fused-ring (bicyclic) bond motifs is 1. The lowest BCUT2D eigenvalue weighted by molar-refractivity contribution is 0.265. The maximum atomic E-state index is 13.8. The highest BCUT2D eigenvalue weighted by molar-refractivity contribution is 9.10. The molecule has 1 saturated heterocycles. The van der Waals surface area contributed by atoms with E-state index < -0.39 is 0 Å². The fraction of sp³-hybridized carbons (Fsp3) is 0.500. The molecule has 2 heterocycles. The van der Waals surface area contributed by atoms with Gasteiger partial charge in [-0.1, -0.05) is 18.9 Å². The molecule has 1 aromatic carbocycles. The fourth-order valence-corrected chi connectivity index (χ4v) is 4.01. The van der Waals surface area contributed by atoms with Gasteiger partial charge in [0.15, 0.2) is 0 Å². The van der Waals surface area contributed by atoms with Crippen molar-refractivity contribution in [3.63, 3.8) is 0 Å². The van der Waals surface area contributed by atoms with Gasteiger partial charge in [0.25, 0.3) is 0 Å². The molecule has 0 saturated carbocycles. The molecule has 3 rings (SSSR count). The third kappa shape index (κ3) is 3.61. The zero-order valence-corrected chi connectivity index (χ0v) is 15.7. The van der Waals surface area contributed by atoms with Gasteiger partial charge in [-0.05, 0) is 46.5 Å². The van der Waals surface area contributed by atoms with Crippen LogP contribution >= 0.6 is 27.9 Å². The fourth-order valence-electron chi connectivity index (χ4n) is 3.18. The largest absolute Gasteiger partial charge is 0.355 e. The van der Waals surface area contributed by atoms with Crippen LogP contribution in [0.15, 0.2) is 22.9 Å². The molecule has 7 heteroatoms. The number of nitrogens with zero attached hydrogens (tertiary/aromatic N) is 3. The van der Waals surface area contributed by atoms with E-state index in [-0.39, 0.29) is 11.2 Å². The van der Waals surface area contributed by atoms with E-state index in [0.29, 0.717) is 9.99 Å². The van der Waals surface area contributed by atoms with Crippen LogP contribution in [0.1, 0.15) is 19.8 Å². The summed E-state index contributed by atoms with van der Waals surface area (Å²) < 4.78 is 17.6. The van der Waals surface area contributed by atoms with Gasteiger partial charge in [-0.3, -0.25) is 4.72 Å². The van der Waals surface area contributed by atoms with Gasteiger partial charge in [-0.25, -0.2) is 14.4 Å². The van der Waals surface area contributed by atoms with Crippen molar-refractivity contribution in [3.05, 3.63) is 28.7 Å². The molecule has 1 aromatic heterocycles. The molecule has 1 unspecified atom stereocenters. The van der Waals surface area contributed by atoms with E-state index in [1.165, 1.54) is 18.8 Å². The van der Waals surface area contributed by atoms with Crippen LogP contribution in [0.25, 0.3) is 10.9 Å². The van der Waals surface area contributed by atoms with Gasteiger partial charge in [0.1, 0.15) is 18.0 Å². The molecule has 0 amide bonds. The standard InChI is InChI=1S/C16H20BrFN4S/c1-16(8-21-23-2)4-3-5-22(9-16)15-11-6-12(17)13(18)7-14(11)19-10-20-15/h6-7,10,21H,3-5,8-9H2,1-2H3. The maximum absolute atomic E-state index is 13.8. The van der Waals surface area contributed by atoms with E-state index in [9.17, 15) is 4.39 Å². The molecule has 0 aliphatic carbocycles. The van der Waals surface area contributed by atoms with E-state index in [1.54, 1.807) is 18.0 Å². The first-order valence-electron chi connectivity index (χ1n) is 7.63. The predicted molar refractivity (Wildman–Crippen MR) is 98.3 cm³/mol. The predicted octanol–water partition coefficient (Wildman–Crippen LogP) is 4.01. The average Bonchev–Trinajstić information content (AvgIpc) is 2.54. The van der Waals surface area contributed by atoms with Crippen molar-refractivity contribution in [2.24, 2.45) is 5.41 Å². The summed E-state index contributed by atoms with van der Waals surface area (Å²) in [5.74, 6) is 0.598. The number of anilines is 1. The normalized spacial score (nSPS) is 21.8. The summed E-state index contributed by atoms with van der Waals surface area (Å²) in [6.07, 6.45) is 5.89. The van der Waals surface area contributed by atoms with Gasteiger partial charge in [0.05, 0.1) is 9.99 Å². The van der Waals surface area contributed by atoms with Crippen molar-refractivity contribution in [3.8, 4) is 0 Å². The second-order valence-corrected chi connectivity index (χ2v) is 7.89. The number of piperidine rings is 1. The molecule has 1 aliphatic rings. The monoisotopic (exact) mass is 398 g/mol. The van der Waals surface area contributed by atoms with E-state index in [2.05, 4.69) is 42.4 Å². The lowest BCUT2D eigenvalue weighted by Crippen LogP contribution is -2.46. The van der Waals surface area contributed by atoms with Crippen molar-refractivity contribution < 1.29 is 4.39 Å². The van der Waals surface area contributed by atoms with E-state index in [0.717, 1.165) is 37.3 Å². The van der Waals surface area contributed by atoms with Gasteiger partial charge >= 0.3 is 0 Å². The second kappa shape index (κ2) is 6.91. The van der Waals surface area contributed by atoms with Crippen LogP contribution in [0.2, 0.25) is 0 Å². The number of benzene rings is 1. The highest BCUT2D eigenvalue weighted by Crippen LogP contribution is 2.35. The molecule has 0 bridgehead atoms. The van der Waals surface area contributed by atoms with Gasteiger partial charge in [-0.15, -0.1) is 0 Å². The van der Waals surface area contributed by atoms with E-state index in [4.69, 9.17) is 0 Å². The van der Waals surface area contributed by atoms with Crippen LogP contribution in [-0.2, 0) is 0 Å². The lowest BCUT2D eigenvalue weighted by Gasteiger charge is -2.41. The lowest BCUT2D eigenvalue weighted by atomic mass is 9.82. The van der Waals surface area contributed by atoms with Crippen molar-refractivity contribution in [1.29, 1.82) is 0 Å². The van der Waals surface area contributed by atoms with Crippen LogP contribution in [0.3, 0.4) is 0 Å². The van der Waals surface area contributed by atoms with Gasteiger partial charge in [-0.2, -0.15) is 0 Å². The Morgan fingerprint density at radius 3 is 3.04 bits per heavy atom. The minimum Gasteiger partial charge on any atom is -0.355 e. The van der Waals surface area contributed by atoms with Crippen LogP contribution in [0, 0.1) is 11.2 Å². The number of hydrogen-bond acceptors (Lipinski definition) is 5. The number of halogens is 2. The Bertz CT molecular complexity index is 714. The van der Waals surface area contributed by atoms with Crippen LogP contribution in [0.5, 0.6) is 0 Å². The van der Waals surface area contributed by atoms with Crippen molar-refractivity contribution in [2.75, 3.05) is 30.8 Å². The summed E-state index contributed by atoms with van der Waals surface area (Å²) in [5.41, 5.74) is 0.848. The van der Waals surface area contributed by atoms with Crippen molar-refractivity contribution >= 4 is 44.6 Å². The number of rotatable bonds is 4. The summed E-state index contributed by atoms with van der Waals surface area (Å²) >= 11 is 4.92. The molecular weight excluding hydrogens is 379 g/mol. The first-order chi connectivity index (χ1) is 11.0. The minimum absolute atomic E-state index is 0.204. The Balaban J connectivity index is 1.95. The van der Waals surface area contributed by atoms with Crippen molar-refractivity contribution in [2.45, 2.75) is 19.8 Å².